The molecule has 1 aromatic carbocycles. The minimum Gasteiger partial charge on any atom is -0.384 e. The van der Waals surface area contributed by atoms with Gasteiger partial charge in [-0.1, -0.05) is 22.9 Å². The van der Waals surface area contributed by atoms with E-state index in [-0.39, 0.29) is 0 Å². The molecule has 0 saturated carbocycles. The topological polar surface area (TPSA) is 48.2 Å². The number of benzene rings is 1. The van der Waals surface area contributed by atoms with Gasteiger partial charge in [0.2, 0.25) is 5.89 Å². The molecule has 0 saturated heterocycles. The van der Waals surface area contributed by atoms with Gasteiger partial charge in [0.05, 0.1) is 12.4 Å². The zero-order valence-corrected chi connectivity index (χ0v) is 11.4. The lowest BCUT2D eigenvalue weighted by Crippen LogP contribution is -1.96. The average molecular weight is 264 g/mol. The first-order valence-corrected chi connectivity index (χ1v) is 6.76. The Bertz CT molecular complexity index is 482. The van der Waals surface area contributed by atoms with Crippen molar-refractivity contribution in [1.82, 2.24) is 10.1 Å². The van der Waals surface area contributed by atoms with Crippen LogP contribution in [0.5, 0.6) is 0 Å². The van der Waals surface area contributed by atoms with Gasteiger partial charge >= 0.3 is 0 Å². The fraction of sp³-hybridized carbons (Fsp3) is 0.385. The van der Waals surface area contributed by atoms with E-state index >= 15 is 0 Å². The van der Waals surface area contributed by atoms with Gasteiger partial charge in [-0.2, -0.15) is 4.98 Å². The third-order valence-electron chi connectivity index (χ3n) is 2.42. The third kappa shape index (κ3) is 3.85. The standard InChI is InChI=1S/C13H16N2O2S/c1-10-3-5-11(6-4-10)18-9-13-14-12(15-17-13)7-8-16-2/h3-6H,7-9H2,1-2H3. The minimum atomic E-state index is 0.615. The summed E-state index contributed by atoms with van der Waals surface area (Å²) in [6.45, 7) is 2.69. The van der Waals surface area contributed by atoms with Gasteiger partial charge in [0, 0.05) is 18.4 Å². The molecule has 0 N–H and O–H groups in total. The van der Waals surface area contributed by atoms with Gasteiger partial charge in [0.25, 0.3) is 0 Å². The Hall–Kier alpha value is -1.33. The molecule has 5 heteroatoms. The summed E-state index contributed by atoms with van der Waals surface area (Å²) in [5.74, 6) is 2.06. The average Bonchev–Trinajstić information content (AvgIpc) is 2.84. The highest BCUT2D eigenvalue weighted by molar-refractivity contribution is 7.98. The lowest BCUT2D eigenvalue weighted by molar-refractivity contribution is 0.199. The van der Waals surface area contributed by atoms with Gasteiger partial charge in [0.1, 0.15) is 0 Å². The summed E-state index contributed by atoms with van der Waals surface area (Å²) < 4.78 is 10.1. The minimum absolute atomic E-state index is 0.615. The summed E-state index contributed by atoms with van der Waals surface area (Å²) in [6, 6.07) is 8.39. The summed E-state index contributed by atoms with van der Waals surface area (Å²) in [5, 5.41) is 3.90. The van der Waals surface area contributed by atoms with Gasteiger partial charge in [-0.15, -0.1) is 11.8 Å². The number of hydrogen-bond acceptors (Lipinski definition) is 5. The van der Waals surface area contributed by atoms with Crippen LogP contribution in [0.2, 0.25) is 0 Å². The highest BCUT2D eigenvalue weighted by atomic mass is 32.2. The molecule has 0 atom stereocenters. The molecular weight excluding hydrogens is 248 g/mol. The number of hydrogen-bond donors (Lipinski definition) is 0. The molecule has 0 unspecified atom stereocenters. The van der Waals surface area contributed by atoms with Crippen LogP contribution in [0, 0.1) is 6.92 Å². The Kier molecular flexibility index (Phi) is 4.78. The lowest BCUT2D eigenvalue weighted by Gasteiger charge is -1.98. The molecule has 0 spiro atoms. The molecule has 1 heterocycles. The first-order chi connectivity index (χ1) is 8.78. The molecule has 96 valence electrons. The van der Waals surface area contributed by atoms with E-state index in [4.69, 9.17) is 9.26 Å². The number of nitrogens with zero attached hydrogens (tertiary/aromatic N) is 2. The Morgan fingerprint density at radius 2 is 2.06 bits per heavy atom. The maximum Gasteiger partial charge on any atom is 0.237 e. The Labute approximate surface area is 111 Å². The second kappa shape index (κ2) is 6.56. The molecule has 4 nitrogen and oxygen atoms in total. The number of aromatic nitrogens is 2. The van der Waals surface area contributed by atoms with Crippen molar-refractivity contribution in [3.63, 3.8) is 0 Å². The van der Waals surface area contributed by atoms with Crippen molar-refractivity contribution >= 4 is 11.8 Å². The number of ether oxygens (including phenoxy) is 1. The van der Waals surface area contributed by atoms with Crippen LogP contribution < -0.4 is 0 Å². The molecule has 1 aromatic heterocycles. The summed E-state index contributed by atoms with van der Waals surface area (Å²) >= 11 is 1.69. The van der Waals surface area contributed by atoms with Crippen LogP contribution >= 0.6 is 11.8 Å². The van der Waals surface area contributed by atoms with Crippen molar-refractivity contribution in [2.45, 2.75) is 24.0 Å². The van der Waals surface area contributed by atoms with E-state index in [1.807, 2.05) is 0 Å². The van der Waals surface area contributed by atoms with E-state index in [2.05, 4.69) is 41.3 Å². The zero-order valence-electron chi connectivity index (χ0n) is 10.5. The van der Waals surface area contributed by atoms with Crippen molar-refractivity contribution in [2.24, 2.45) is 0 Å². The predicted octanol–water partition coefficient (Wildman–Crippen LogP) is 2.86. The first kappa shape index (κ1) is 13.1. The Balaban J connectivity index is 1.86. The number of rotatable bonds is 6. The van der Waals surface area contributed by atoms with Crippen LogP contribution in [0.3, 0.4) is 0 Å². The van der Waals surface area contributed by atoms with Crippen LogP contribution in [-0.2, 0) is 16.9 Å². The molecule has 0 fully saturated rings. The fourth-order valence-corrected chi connectivity index (χ4v) is 2.16. The molecule has 2 aromatic rings. The number of aryl methyl sites for hydroxylation is 1. The van der Waals surface area contributed by atoms with Crippen LogP contribution in [0.25, 0.3) is 0 Å². The van der Waals surface area contributed by atoms with Crippen LogP contribution in [0.4, 0.5) is 0 Å². The number of methoxy groups -OCH3 is 1. The molecule has 0 radical (unpaired) electrons. The van der Waals surface area contributed by atoms with Crippen molar-refractivity contribution in [1.29, 1.82) is 0 Å². The van der Waals surface area contributed by atoms with E-state index in [0.29, 0.717) is 30.5 Å². The Morgan fingerprint density at radius 1 is 1.28 bits per heavy atom. The van der Waals surface area contributed by atoms with Crippen LogP contribution in [0.15, 0.2) is 33.7 Å². The molecule has 2 rings (SSSR count). The van der Waals surface area contributed by atoms with E-state index in [9.17, 15) is 0 Å². The molecular formula is C13H16N2O2S. The first-order valence-electron chi connectivity index (χ1n) is 5.78. The SMILES string of the molecule is COCCc1noc(CSc2ccc(C)cc2)n1. The van der Waals surface area contributed by atoms with Gasteiger partial charge in [0.15, 0.2) is 5.82 Å². The van der Waals surface area contributed by atoms with Crippen LogP contribution in [0.1, 0.15) is 17.3 Å². The smallest absolute Gasteiger partial charge is 0.237 e. The van der Waals surface area contributed by atoms with Crippen molar-refractivity contribution in [3.8, 4) is 0 Å². The van der Waals surface area contributed by atoms with Gasteiger partial charge in [-0.25, -0.2) is 0 Å². The van der Waals surface area contributed by atoms with Gasteiger partial charge in [-0.05, 0) is 19.1 Å². The summed E-state index contributed by atoms with van der Waals surface area (Å²) in [5.41, 5.74) is 1.26. The summed E-state index contributed by atoms with van der Waals surface area (Å²) in [4.78, 5) is 5.51. The maximum atomic E-state index is 5.17. The second-order valence-electron chi connectivity index (χ2n) is 3.95. The monoisotopic (exact) mass is 264 g/mol. The van der Waals surface area contributed by atoms with Gasteiger partial charge in [-0.3, -0.25) is 0 Å². The van der Waals surface area contributed by atoms with Gasteiger partial charge < -0.3 is 9.26 Å². The van der Waals surface area contributed by atoms with E-state index in [1.54, 1.807) is 18.9 Å². The van der Waals surface area contributed by atoms with E-state index < -0.39 is 0 Å². The largest absolute Gasteiger partial charge is 0.384 e. The lowest BCUT2D eigenvalue weighted by atomic mass is 10.2. The summed E-state index contributed by atoms with van der Waals surface area (Å²) in [6.07, 6.45) is 0.690. The highest BCUT2D eigenvalue weighted by Crippen LogP contribution is 2.22. The Morgan fingerprint density at radius 3 is 2.78 bits per heavy atom. The molecule has 18 heavy (non-hydrogen) atoms. The third-order valence-corrected chi connectivity index (χ3v) is 3.42. The maximum absolute atomic E-state index is 5.17. The van der Waals surface area contributed by atoms with Crippen molar-refractivity contribution < 1.29 is 9.26 Å². The molecule has 0 bridgehead atoms. The second-order valence-corrected chi connectivity index (χ2v) is 5.00. The number of thioether (sulfide) groups is 1. The predicted molar refractivity (Wildman–Crippen MR) is 70.6 cm³/mol. The highest BCUT2D eigenvalue weighted by Gasteiger charge is 2.06. The molecule has 0 aliphatic carbocycles. The molecule has 0 aliphatic heterocycles. The van der Waals surface area contributed by atoms with E-state index in [0.717, 1.165) is 0 Å². The van der Waals surface area contributed by atoms with E-state index in [1.165, 1.54) is 10.5 Å². The van der Waals surface area contributed by atoms with Crippen molar-refractivity contribution in [2.75, 3.05) is 13.7 Å². The zero-order chi connectivity index (χ0) is 12.8. The molecule has 0 aliphatic rings. The quantitative estimate of drug-likeness (QED) is 0.751. The summed E-state index contributed by atoms with van der Waals surface area (Å²) in [7, 11) is 1.66. The van der Waals surface area contributed by atoms with Crippen LogP contribution in [-0.4, -0.2) is 23.9 Å². The molecule has 0 amide bonds. The normalized spacial score (nSPS) is 10.8. The van der Waals surface area contributed by atoms with Crippen molar-refractivity contribution in [3.05, 3.63) is 41.5 Å². The fourth-order valence-electron chi connectivity index (χ4n) is 1.42.